The van der Waals surface area contributed by atoms with Gasteiger partial charge in [-0.05, 0) is 74.6 Å². The van der Waals surface area contributed by atoms with Gasteiger partial charge in [-0.25, -0.2) is 0 Å². The van der Waals surface area contributed by atoms with Crippen LogP contribution >= 0.6 is 47.8 Å². The minimum Gasteiger partial charge on any atom is -0.360 e. The number of rotatable bonds is 3. The summed E-state index contributed by atoms with van der Waals surface area (Å²) in [5.41, 5.74) is 2.21. The molecule has 0 fully saturated rings. The SMILES string of the molecule is C.CN=Cc1c(Br)cnc(C)c1[N+](=O)[O-].Cc1c(Br)c[nH]c(=O)c1[N+](=O)[O-].Cc1ncc(Br)c2cc[nH]c12.F.[3HH]. The van der Waals surface area contributed by atoms with Gasteiger partial charge in [-0.3, -0.25) is 44.7 Å². The maximum Gasteiger partial charge on any atom is 0.337 e. The van der Waals surface area contributed by atoms with E-state index < -0.39 is 21.1 Å². The Labute approximate surface area is 248 Å². The van der Waals surface area contributed by atoms with E-state index in [1.54, 1.807) is 14.0 Å². The van der Waals surface area contributed by atoms with Gasteiger partial charge in [-0.2, -0.15) is 0 Å². The van der Waals surface area contributed by atoms with Gasteiger partial charge in [0.1, 0.15) is 5.69 Å². The molecule has 2 N–H and O–H groups in total. The molecule has 4 aromatic heterocycles. The Morgan fingerprint density at radius 3 is 2.03 bits per heavy atom. The number of H-pyrrole nitrogens is 2. The summed E-state index contributed by atoms with van der Waals surface area (Å²) in [6.07, 6.45) is 8.09. The van der Waals surface area contributed by atoms with Crippen molar-refractivity contribution in [3.05, 3.63) is 97.4 Å². The highest BCUT2D eigenvalue weighted by Crippen LogP contribution is 2.27. The largest absolute Gasteiger partial charge is 0.360 e. The summed E-state index contributed by atoms with van der Waals surface area (Å²) in [5, 5.41) is 22.3. The number of aromatic amines is 2. The lowest BCUT2D eigenvalue weighted by Crippen LogP contribution is -2.12. The number of pyridine rings is 3. The van der Waals surface area contributed by atoms with Gasteiger partial charge in [-0.15, -0.1) is 0 Å². The summed E-state index contributed by atoms with van der Waals surface area (Å²) in [4.78, 5) is 48.1. The van der Waals surface area contributed by atoms with Gasteiger partial charge >= 0.3 is 11.2 Å². The Morgan fingerprint density at radius 1 is 0.949 bits per heavy atom. The topological polar surface area (TPSA) is 173 Å². The predicted molar refractivity (Wildman–Crippen MR) is 163 cm³/mol. The summed E-state index contributed by atoms with van der Waals surface area (Å²) in [6.45, 7) is 5.10. The van der Waals surface area contributed by atoms with Crippen LogP contribution in [0, 0.1) is 41.0 Å². The van der Waals surface area contributed by atoms with E-state index in [1.807, 2.05) is 25.4 Å². The van der Waals surface area contributed by atoms with Crippen LogP contribution in [-0.2, 0) is 0 Å². The molecule has 4 heterocycles. The third-order valence-corrected chi connectivity index (χ3v) is 6.93. The Morgan fingerprint density at radius 2 is 1.51 bits per heavy atom. The number of nitrogens with zero attached hydrogens (tertiary/aromatic N) is 5. The first-order valence-corrected chi connectivity index (χ1v) is 12.6. The monoisotopic (exact) mass is 739 g/mol. The van der Waals surface area contributed by atoms with Crippen LogP contribution in [0.2, 0.25) is 0 Å². The number of aromatic nitrogens is 4. The molecule has 0 aliphatic rings. The van der Waals surface area contributed by atoms with Crippen molar-refractivity contribution in [2.75, 3.05) is 7.05 Å². The molecular formula is C23H27Br3FN7O5. The first-order chi connectivity index (χ1) is 17.4. The molecule has 0 bridgehead atoms. The standard InChI is InChI=1S/C8H8BrN3O2.C8H7BrN2.C6H5BrN2O3.CH4.FH.H2/c1-5-8(12(13)14)6(3-10-2)7(9)4-11-5;1-5-8-6(2-3-10-8)7(9)4-11-5;1-3-4(7)2-8-6(10)5(3)9(11)12;;;/h3-4H,1-2H3;2-4,10H,1H3;2H,1H3,(H,8,10);1H4;2*1H/i;;;;;1+2. The van der Waals surface area contributed by atoms with Gasteiger partial charge in [0.05, 0.1) is 31.1 Å². The fraction of sp³-hybridized carbons (Fsp3) is 0.217. The van der Waals surface area contributed by atoms with Crippen molar-refractivity contribution in [2.24, 2.45) is 4.99 Å². The number of hydrogen-bond acceptors (Lipinski definition) is 8. The molecule has 4 aromatic rings. The first-order valence-electron chi connectivity index (χ1n) is 10.2. The van der Waals surface area contributed by atoms with Crippen LogP contribution < -0.4 is 5.56 Å². The van der Waals surface area contributed by atoms with E-state index in [9.17, 15) is 25.0 Å². The minimum absolute atomic E-state index is 0. The summed E-state index contributed by atoms with van der Waals surface area (Å²) in [5.74, 6) is 0. The Kier molecular flexibility index (Phi) is 14.5. The number of halogens is 4. The van der Waals surface area contributed by atoms with E-state index >= 15 is 0 Å². The van der Waals surface area contributed by atoms with E-state index in [2.05, 4.69) is 72.7 Å². The van der Waals surface area contributed by atoms with Crippen molar-refractivity contribution >= 4 is 76.3 Å². The lowest BCUT2D eigenvalue weighted by Gasteiger charge is -2.01. The second-order valence-electron chi connectivity index (χ2n) is 7.25. The van der Waals surface area contributed by atoms with Crippen LogP contribution in [0.1, 0.15) is 31.4 Å². The second-order valence-corrected chi connectivity index (χ2v) is 9.82. The first kappa shape index (κ1) is 35.6. The molecule has 4 rings (SSSR count). The molecule has 0 aromatic carbocycles. The molecule has 0 amide bonds. The van der Waals surface area contributed by atoms with E-state index in [1.165, 1.54) is 30.9 Å². The van der Waals surface area contributed by atoms with Gasteiger partial charge < -0.3 is 9.97 Å². The van der Waals surface area contributed by atoms with Crippen LogP contribution in [0.4, 0.5) is 16.1 Å². The summed E-state index contributed by atoms with van der Waals surface area (Å²) in [7, 11) is 1.56. The molecule has 0 atom stereocenters. The third kappa shape index (κ3) is 8.83. The lowest BCUT2D eigenvalue weighted by atomic mass is 10.2. The van der Waals surface area contributed by atoms with Crippen LogP contribution in [-0.4, -0.2) is 43.0 Å². The maximum atomic E-state index is 10.9. The van der Waals surface area contributed by atoms with Gasteiger partial charge in [0.25, 0.3) is 5.69 Å². The Hall–Kier alpha value is -3.37. The van der Waals surface area contributed by atoms with Crippen molar-refractivity contribution in [1.29, 1.82) is 0 Å². The zero-order valence-electron chi connectivity index (χ0n) is 20.3. The number of hydrogen-bond donors (Lipinski definition) is 2. The smallest absolute Gasteiger partial charge is 0.337 e. The molecule has 16 heteroatoms. The van der Waals surface area contributed by atoms with Gasteiger partial charge in [0.15, 0.2) is 0 Å². The molecule has 39 heavy (non-hydrogen) atoms. The van der Waals surface area contributed by atoms with Crippen molar-refractivity contribution in [3.63, 3.8) is 0 Å². The van der Waals surface area contributed by atoms with Crippen molar-refractivity contribution in [3.8, 4) is 0 Å². The predicted octanol–water partition coefficient (Wildman–Crippen LogP) is 7.13. The molecule has 0 saturated heterocycles. The average Bonchev–Trinajstić information content (AvgIpc) is 3.34. The van der Waals surface area contributed by atoms with Crippen molar-refractivity contribution < 1.29 is 16.0 Å². The zero-order chi connectivity index (χ0) is 27.9. The van der Waals surface area contributed by atoms with Gasteiger partial charge in [0.2, 0.25) is 0 Å². The van der Waals surface area contributed by atoms with E-state index in [0.717, 1.165) is 15.7 Å². The number of aliphatic imine (C=N–C) groups is 1. The van der Waals surface area contributed by atoms with Crippen LogP contribution in [0.5, 0.6) is 0 Å². The molecule has 212 valence electrons. The fourth-order valence-electron chi connectivity index (χ4n) is 3.04. The van der Waals surface area contributed by atoms with E-state index in [4.69, 9.17) is 0 Å². The highest BCUT2D eigenvalue weighted by Gasteiger charge is 2.20. The quantitative estimate of drug-likeness (QED) is 0.128. The molecular weight excluding hydrogens is 713 g/mol. The minimum atomic E-state index is -0.696. The second kappa shape index (κ2) is 15.9. The van der Waals surface area contributed by atoms with Crippen LogP contribution in [0.15, 0.2) is 54.1 Å². The Balaban J connectivity index is 0. The van der Waals surface area contributed by atoms with Crippen LogP contribution in [0.3, 0.4) is 0 Å². The van der Waals surface area contributed by atoms with E-state index in [0.29, 0.717) is 25.8 Å². The maximum absolute atomic E-state index is 10.9. The van der Waals surface area contributed by atoms with E-state index in [-0.39, 0.29) is 19.2 Å². The highest BCUT2D eigenvalue weighted by atomic mass is 79.9. The number of nitrogens with one attached hydrogen (secondary N) is 2. The number of aryl methyl sites for hydroxylation is 2. The van der Waals surface area contributed by atoms with Gasteiger partial charge in [-0.1, -0.05) is 7.43 Å². The summed E-state index contributed by atoms with van der Waals surface area (Å²) >= 11 is 9.69. The molecule has 0 saturated carbocycles. The molecule has 0 aliphatic carbocycles. The summed E-state index contributed by atoms with van der Waals surface area (Å²) < 4.78 is 2.13. The molecule has 0 spiro atoms. The van der Waals surface area contributed by atoms with Crippen molar-refractivity contribution in [1.82, 2.24) is 19.9 Å². The van der Waals surface area contributed by atoms with Crippen LogP contribution in [0.25, 0.3) is 10.9 Å². The molecule has 0 aliphatic heterocycles. The molecule has 0 unspecified atom stereocenters. The fourth-order valence-corrected chi connectivity index (χ4v) is 4.17. The molecule has 0 radical (unpaired) electrons. The average molecular weight is 742 g/mol. The zero-order valence-corrected chi connectivity index (χ0v) is 25.0. The van der Waals surface area contributed by atoms with Crippen molar-refractivity contribution in [2.45, 2.75) is 28.2 Å². The summed E-state index contributed by atoms with van der Waals surface area (Å²) in [6, 6.07) is 2.04. The normalized spacial score (nSPS) is 9.92. The Bertz CT molecular complexity index is 1530. The number of fused-ring (bicyclic) bond motifs is 1. The third-order valence-electron chi connectivity index (χ3n) is 4.85. The number of nitro groups is 2. The lowest BCUT2D eigenvalue weighted by molar-refractivity contribution is -0.387. The van der Waals surface area contributed by atoms with Gasteiger partial charge in [0, 0.05) is 59.4 Å². The highest BCUT2D eigenvalue weighted by molar-refractivity contribution is 9.11. The molecule has 12 nitrogen and oxygen atoms in total.